The predicted octanol–water partition coefficient (Wildman–Crippen LogP) is 3.87. The van der Waals surface area contributed by atoms with E-state index in [1.807, 2.05) is 0 Å². The van der Waals surface area contributed by atoms with Gasteiger partial charge in [0.25, 0.3) is 0 Å². The molecule has 1 aliphatic carbocycles. The third-order valence-electron chi connectivity index (χ3n) is 4.20. The van der Waals surface area contributed by atoms with Crippen LogP contribution in [0, 0.1) is 0 Å². The Morgan fingerprint density at radius 3 is 2.84 bits per heavy atom. The fourth-order valence-corrected chi connectivity index (χ4v) is 3.06. The van der Waals surface area contributed by atoms with Crippen molar-refractivity contribution in [1.82, 2.24) is 9.78 Å². The highest BCUT2D eigenvalue weighted by Crippen LogP contribution is 2.27. The topological polar surface area (TPSA) is 38.0 Å². The van der Waals surface area contributed by atoms with E-state index in [2.05, 4.69) is 23.9 Å². The molecule has 19 heavy (non-hydrogen) atoms. The van der Waals surface area contributed by atoms with Crippen molar-refractivity contribution < 1.29 is 5.11 Å². The normalized spacial score (nSPS) is 18.6. The number of rotatable bonds is 7. The van der Waals surface area contributed by atoms with Gasteiger partial charge in [-0.2, -0.15) is 5.10 Å². The van der Waals surface area contributed by atoms with Gasteiger partial charge in [0.05, 0.1) is 17.8 Å². The Morgan fingerprint density at radius 1 is 1.32 bits per heavy atom. The number of hydrogen-bond acceptors (Lipinski definition) is 2. The number of hydrogen-bond donors (Lipinski definition) is 1. The van der Waals surface area contributed by atoms with Crippen LogP contribution in [-0.2, 0) is 6.42 Å². The molecule has 3 nitrogen and oxygen atoms in total. The van der Waals surface area contributed by atoms with Crippen LogP contribution in [-0.4, -0.2) is 21.0 Å². The number of aryl methyl sites for hydroxylation is 1. The van der Waals surface area contributed by atoms with E-state index in [1.165, 1.54) is 37.8 Å². The number of aliphatic hydroxyl groups is 1. The number of nitrogens with zero attached hydrogens (tertiary/aromatic N) is 2. The van der Waals surface area contributed by atoms with Gasteiger partial charge in [-0.1, -0.05) is 32.6 Å². The lowest BCUT2D eigenvalue weighted by Crippen LogP contribution is -2.13. The maximum atomic E-state index is 9.71. The van der Waals surface area contributed by atoms with Gasteiger partial charge in [0.15, 0.2) is 0 Å². The van der Waals surface area contributed by atoms with E-state index in [0.717, 1.165) is 32.1 Å². The highest BCUT2D eigenvalue weighted by atomic mass is 16.3. The lowest BCUT2D eigenvalue weighted by Gasteiger charge is -2.21. The van der Waals surface area contributed by atoms with Crippen LogP contribution in [0.2, 0.25) is 0 Å². The monoisotopic (exact) mass is 264 g/mol. The molecule has 1 aliphatic rings. The van der Waals surface area contributed by atoms with E-state index in [4.69, 9.17) is 5.10 Å². The first-order chi connectivity index (χ1) is 9.29. The molecule has 0 radical (unpaired) electrons. The second-order valence-electron chi connectivity index (χ2n) is 5.91. The number of aliphatic hydroxyl groups excluding tert-OH is 1. The van der Waals surface area contributed by atoms with E-state index in [-0.39, 0.29) is 6.10 Å². The van der Waals surface area contributed by atoms with Gasteiger partial charge in [0.2, 0.25) is 0 Å². The summed E-state index contributed by atoms with van der Waals surface area (Å²) >= 11 is 0. The molecular weight excluding hydrogens is 236 g/mol. The summed E-state index contributed by atoms with van der Waals surface area (Å²) in [5.41, 5.74) is 1.19. The second-order valence-corrected chi connectivity index (χ2v) is 5.91. The minimum atomic E-state index is -0.120. The summed E-state index contributed by atoms with van der Waals surface area (Å²) in [5.74, 6) is 0. The Balaban J connectivity index is 1.74. The Kier molecular flexibility index (Phi) is 5.90. The first-order valence-corrected chi connectivity index (χ1v) is 8.01. The van der Waals surface area contributed by atoms with Crippen LogP contribution in [0.4, 0.5) is 0 Å². The first kappa shape index (κ1) is 14.6. The highest BCUT2D eigenvalue weighted by molar-refractivity contribution is 5.00. The average Bonchev–Trinajstić information content (AvgIpc) is 2.89. The van der Waals surface area contributed by atoms with Gasteiger partial charge in [-0.15, -0.1) is 0 Å². The Labute approximate surface area is 117 Å². The van der Waals surface area contributed by atoms with E-state index >= 15 is 0 Å². The molecule has 0 saturated heterocycles. The summed E-state index contributed by atoms with van der Waals surface area (Å²) in [4.78, 5) is 0. The summed E-state index contributed by atoms with van der Waals surface area (Å²) in [5, 5.41) is 14.4. The van der Waals surface area contributed by atoms with Crippen LogP contribution in [0.25, 0.3) is 0 Å². The molecule has 1 N–H and O–H groups in total. The summed E-state index contributed by atoms with van der Waals surface area (Å²) in [6, 6.07) is 2.79. The van der Waals surface area contributed by atoms with Crippen molar-refractivity contribution in [2.24, 2.45) is 0 Å². The van der Waals surface area contributed by atoms with Gasteiger partial charge in [-0.25, -0.2) is 0 Å². The highest BCUT2D eigenvalue weighted by Gasteiger charge is 2.15. The molecule has 0 aliphatic heterocycles. The van der Waals surface area contributed by atoms with Crippen molar-refractivity contribution in [2.75, 3.05) is 0 Å². The van der Waals surface area contributed by atoms with Crippen molar-refractivity contribution in [3.63, 3.8) is 0 Å². The fourth-order valence-electron chi connectivity index (χ4n) is 3.06. The van der Waals surface area contributed by atoms with E-state index in [9.17, 15) is 5.11 Å². The molecule has 0 bridgehead atoms. The summed E-state index contributed by atoms with van der Waals surface area (Å²) < 4.78 is 2.18. The quantitative estimate of drug-likeness (QED) is 0.811. The average molecular weight is 264 g/mol. The van der Waals surface area contributed by atoms with E-state index in [1.54, 1.807) is 0 Å². The largest absolute Gasteiger partial charge is 0.393 e. The molecule has 1 fully saturated rings. The molecule has 2 rings (SSSR count). The molecule has 0 aromatic carbocycles. The first-order valence-electron chi connectivity index (χ1n) is 8.01. The van der Waals surface area contributed by atoms with Crippen LogP contribution in [0.1, 0.15) is 76.4 Å². The molecule has 1 unspecified atom stereocenters. The summed E-state index contributed by atoms with van der Waals surface area (Å²) in [7, 11) is 0. The van der Waals surface area contributed by atoms with Crippen molar-refractivity contribution >= 4 is 0 Å². The molecule has 0 amide bonds. The van der Waals surface area contributed by atoms with Crippen molar-refractivity contribution in [2.45, 2.75) is 83.3 Å². The molecule has 3 heteroatoms. The van der Waals surface area contributed by atoms with Crippen LogP contribution in [0.15, 0.2) is 12.3 Å². The lowest BCUT2D eigenvalue weighted by atomic mass is 9.96. The molecular formula is C16H28N2O. The molecule has 108 valence electrons. The lowest BCUT2D eigenvalue weighted by molar-refractivity contribution is 0.151. The van der Waals surface area contributed by atoms with Crippen molar-refractivity contribution in [3.05, 3.63) is 18.0 Å². The van der Waals surface area contributed by atoms with Crippen LogP contribution < -0.4 is 0 Å². The molecule has 1 aromatic heterocycles. The standard InChI is InChI=1S/C16H28N2O/c1-2-7-16(19)11-6-8-14-12-13-18(17-14)15-9-4-3-5-10-15/h12-13,15-16,19H,2-11H2,1H3. The Hall–Kier alpha value is -0.830. The SMILES string of the molecule is CCCC(O)CCCc1ccn(C2CCCCC2)n1. The molecule has 1 saturated carbocycles. The van der Waals surface area contributed by atoms with Gasteiger partial charge in [-0.05, 0) is 44.6 Å². The zero-order chi connectivity index (χ0) is 13.5. The van der Waals surface area contributed by atoms with Gasteiger partial charge in [0.1, 0.15) is 0 Å². The van der Waals surface area contributed by atoms with Gasteiger partial charge in [-0.3, -0.25) is 4.68 Å². The Morgan fingerprint density at radius 2 is 2.11 bits per heavy atom. The zero-order valence-electron chi connectivity index (χ0n) is 12.2. The van der Waals surface area contributed by atoms with E-state index < -0.39 is 0 Å². The molecule has 1 atom stereocenters. The summed E-state index contributed by atoms with van der Waals surface area (Å²) in [6.45, 7) is 2.12. The Bertz CT molecular complexity index is 355. The van der Waals surface area contributed by atoms with Crippen molar-refractivity contribution in [3.8, 4) is 0 Å². The zero-order valence-corrected chi connectivity index (χ0v) is 12.2. The smallest absolute Gasteiger partial charge is 0.0624 e. The van der Waals surface area contributed by atoms with Crippen LogP contribution in [0.5, 0.6) is 0 Å². The molecule has 1 heterocycles. The minimum absolute atomic E-state index is 0.120. The number of aromatic nitrogens is 2. The van der Waals surface area contributed by atoms with Crippen LogP contribution in [0.3, 0.4) is 0 Å². The summed E-state index contributed by atoms with van der Waals surface area (Å²) in [6.07, 6.45) is 13.6. The molecule has 1 aromatic rings. The minimum Gasteiger partial charge on any atom is -0.393 e. The second kappa shape index (κ2) is 7.68. The van der Waals surface area contributed by atoms with Crippen LogP contribution >= 0.6 is 0 Å². The van der Waals surface area contributed by atoms with Gasteiger partial charge < -0.3 is 5.11 Å². The molecule has 0 spiro atoms. The maximum absolute atomic E-state index is 9.71. The fraction of sp³-hybridized carbons (Fsp3) is 0.812. The van der Waals surface area contributed by atoms with Crippen molar-refractivity contribution in [1.29, 1.82) is 0 Å². The van der Waals surface area contributed by atoms with E-state index in [0.29, 0.717) is 6.04 Å². The van der Waals surface area contributed by atoms with Gasteiger partial charge >= 0.3 is 0 Å². The maximum Gasteiger partial charge on any atom is 0.0624 e. The van der Waals surface area contributed by atoms with Gasteiger partial charge in [0, 0.05) is 6.20 Å². The third kappa shape index (κ3) is 4.64. The predicted molar refractivity (Wildman–Crippen MR) is 78.2 cm³/mol. The third-order valence-corrected chi connectivity index (χ3v) is 4.20.